The molecule has 1 aromatic carbocycles. The molecule has 10 heavy (non-hydrogen) atoms. The standard InChI is InChI=1S/C7H6O.H2OP/c8-6-7-4-2-1-3-5-7;1-2/h1-6H;2H2/q;+1. The minimum atomic E-state index is 0.729. The van der Waals surface area contributed by atoms with Crippen LogP contribution in [0, 0.1) is 0 Å². The molecule has 1 aromatic rings. The van der Waals surface area contributed by atoms with E-state index in [0.717, 1.165) is 11.8 Å². The number of hydrogen-bond acceptors (Lipinski definition) is 2. The number of carbonyl (C=O) groups is 1. The number of rotatable bonds is 1. The molecule has 1 unspecified atom stereocenters. The van der Waals surface area contributed by atoms with Crippen molar-refractivity contribution in [2.45, 2.75) is 0 Å². The van der Waals surface area contributed by atoms with Crippen LogP contribution in [0.5, 0.6) is 0 Å². The molecular weight excluding hydrogens is 147 g/mol. The molecule has 0 amide bonds. The van der Waals surface area contributed by atoms with Gasteiger partial charge in [-0.25, -0.2) is 0 Å². The second-order valence-electron chi connectivity index (χ2n) is 1.53. The first-order valence-electron chi connectivity index (χ1n) is 2.67. The molecule has 0 aliphatic rings. The lowest BCUT2D eigenvalue weighted by Crippen LogP contribution is -1.73. The van der Waals surface area contributed by atoms with Crippen LogP contribution in [0.2, 0.25) is 0 Å². The third kappa shape index (κ3) is 3.10. The molecular formula is C7H8O2P+. The molecule has 0 aliphatic heterocycles. The van der Waals surface area contributed by atoms with Gasteiger partial charge in [-0.2, -0.15) is 0 Å². The molecule has 0 saturated carbocycles. The van der Waals surface area contributed by atoms with Gasteiger partial charge in [0, 0.05) is 5.56 Å². The van der Waals surface area contributed by atoms with E-state index in [1.807, 2.05) is 18.2 Å². The quantitative estimate of drug-likeness (QED) is 0.457. The van der Waals surface area contributed by atoms with Crippen molar-refractivity contribution in [1.82, 2.24) is 0 Å². The predicted molar refractivity (Wildman–Crippen MR) is 42.2 cm³/mol. The van der Waals surface area contributed by atoms with Crippen molar-refractivity contribution in [3.05, 3.63) is 35.9 Å². The van der Waals surface area contributed by atoms with Gasteiger partial charge in [-0.1, -0.05) is 34.9 Å². The van der Waals surface area contributed by atoms with Crippen LogP contribution in [0.3, 0.4) is 0 Å². The Labute approximate surface area is 61.5 Å². The van der Waals surface area contributed by atoms with Gasteiger partial charge in [-0.15, -0.1) is 0 Å². The zero-order valence-electron chi connectivity index (χ0n) is 5.36. The first-order chi connectivity index (χ1) is 4.93. The SMILES string of the molecule is O=Cc1ccccc1.O=[PH2+]. The Morgan fingerprint density at radius 3 is 1.90 bits per heavy atom. The van der Waals surface area contributed by atoms with E-state index < -0.39 is 0 Å². The third-order valence-corrected chi connectivity index (χ3v) is 0.936. The first-order valence-corrected chi connectivity index (χ1v) is 3.14. The average Bonchev–Trinajstić information content (AvgIpc) is 2.10. The third-order valence-electron chi connectivity index (χ3n) is 0.936. The lowest BCUT2D eigenvalue weighted by atomic mass is 10.2. The fourth-order valence-corrected chi connectivity index (χ4v) is 0.532. The Morgan fingerprint density at radius 1 is 1.10 bits per heavy atom. The van der Waals surface area contributed by atoms with Crippen LogP contribution in [0.1, 0.15) is 10.4 Å². The Hall–Kier alpha value is -1.01. The fourth-order valence-electron chi connectivity index (χ4n) is 0.532. The van der Waals surface area contributed by atoms with E-state index in [4.69, 9.17) is 4.57 Å². The Morgan fingerprint density at radius 2 is 1.60 bits per heavy atom. The van der Waals surface area contributed by atoms with Crippen LogP contribution in [-0.2, 0) is 4.57 Å². The van der Waals surface area contributed by atoms with E-state index in [-0.39, 0.29) is 0 Å². The van der Waals surface area contributed by atoms with Gasteiger partial charge in [0.15, 0.2) is 0 Å². The van der Waals surface area contributed by atoms with E-state index in [2.05, 4.69) is 0 Å². The van der Waals surface area contributed by atoms with Gasteiger partial charge in [0.05, 0.1) is 0 Å². The monoisotopic (exact) mass is 155 g/mol. The maximum Gasteiger partial charge on any atom is 0.310 e. The van der Waals surface area contributed by atoms with Gasteiger partial charge in [0.1, 0.15) is 6.29 Å². The predicted octanol–water partition coefficient (Wildman–Crippen LogP) is 1.71. The molecule has 0 aliphatic carbocycles. The van der Waals surface area contributed by atoms with E-state index >= 15 is 0 Å². The van der Waals surface area contributed by atoms with E-state index in [1.165, 1.54) is 9.12 Å². The highest BCUT2D eigenvalue weighted by molar-refractivity contribution is 7.00. The van der Waals surface area contributed by atoms with E-state index in [0.29, 0.717) is 0 Å². The number of carbonyl (C=O) groups excluding carboxylic acids is 1. The molecule has 0 bridgehead atoms. The molecule has 0 radical (unpaired) electrons. The van der Waals surface area contributed by atoms with Crippen LogP contribution in [0.25, 0.3) is 0 Å². The normalized spacial score (nSPS) is 7.20. The molecule has 52 valence electrons. The molecule has 0 N–H and O–H groups in total. The minimum Gasteiger partial charge on any atom is -0.298 e. The van der Waals surface area contributed by atoms with Crippen molar-refractivity contribution in [2.24, 2.45) is 0 Å². The molecule has 0 aromatic heterocycles. The molecule has 0 saturated heterocycles. The summed E-state index contributed by atoms with van der Waals surface area (Å²) in [6, 6.07) is 9.10. The lowest BCUT2D eigenvalue weighted by Gasteiger charge is -1.81. The zero-order chi connectivity index (χ0) is 7.82. The number of benzene rings is 1. The Bertz CT molecular complexity index is 186. The molecule has 1 atom stereocenters. The van der Waals surface area contributed by atoms with Gasteiger partial charge >= 0.3 is 9.12 Å². The topological polar surface area (TPSA) is 34.1 Å². The van der Waals surface area contributed by atoms with Crippen LogP contribution in [0.15, 0.2) is 30.3 Å². The Balaban J connectivity index is 0.000000371. The summed E-state index contributed by atoms with van der Waals surface area (Å²) in [4.78, 5) is 10.0. The second-order valence-corrected chi connectivity index (χ2v) is 1.53. The average molecular weight is 155 g/mol. The van der Waals surface area contributed by atoms with Crippen molar-refractivity contribution in [3.8, 4) is 0 Å². The van der Waals surface area contributed by atoms with E-state index in [1.54, 1.807) is 12.1 Å². The van der Waals surface area contributed by atoms with Crippen LogP contribution >= 0.6 is 9.12 Å². The van der Waals surface area contributed by atoms with Gasteiger partial charge in [-0.3, -0.25) is 4.79 Å². The maximum absolute atomic E-state index is 10.0. The highest BCUT2D eigenvalue weighted by Gasteiger charge is 1.79. The van der Waals surface area contributed by atoms with Crippen molar-refractivity contribution < 1.29 is 9.36 Å². The highest BCUT2D eigenvalue weighted by Crippen LogP contribution is 1.91. The summed E-state index contributed by atoms with van der Waals surface area (Å²) in [5.74, 6) is 0. The summed E-state index contributed by atoms with van der Waals surface area (Å²) in [7, 11) is 1.17. The summed E-state index contributed by atoms with van der Waals surface area (Å²) in [6.45, 7) is 0. The fraction of sp³-hybridized carbons (Fsp3) is 0. The van der Waals surface area contributed by atoms with Crippen molar-refractivity contribution in [2.75, 3.05) is 0 Å². The van der Waals surface area contributed by atoms with Crippen molar-refractivity contribution >= 4 is 15.4 Å². The second kappa shape index (κ2) is 6.12. The summed E-state index contributed by atoms with van der Waals surface area (Å²) < 4.78 is 8.17. The molecule has 0 spiro atoms. The molecule has 1 rings (SSSR count). The zero-order valence-corrected chi connectivity index (χ0v) is 6.51. The summed E-state index contributed by atoms with van der Waals surface area (Å²) >= 11 is 0. The van der Waals surface area contributed by atoms with Crippen LogP contribution < -0.4 is 0 Å². The number of hydrogen-bond donors (Lipinski definition) is 0. The van der Waals surface area contributed by atoms with Crippen molar-refractivity contribution in [3.63, 3.8) is 0 Å². The maximum atomic E-state index is 10.0. The first kappa shape index (κ1) is 8.99. The summed E-state index contributed by atoms with van der Waals surface area (Å²) in [6.07, 6.45) is 0.833. The van der Waals surface area contributed by atoms with Crippen LogP contribution in [-0.4, -0.2) is 6.29 Å². The van der Waals surface area contributed by atoms with Gasteiger partial charge in [0.2, 0.25) is 0 Å². The largest absolute Gasteiger partial charge is 0.310 e. The van der Waals surface area contributed by atoms with Gasteiger partial charge in [0.25, 0.3) is 0 Å². The molecule has 3 heteroatoms. The van der Waals surface area contributed by atoms with Gasteiger partial charge in [-0.05, 0) is 0 Å². The Kier molecular flexibility index (Phi) is 5.50. The summed E-state index contributed by atoms with van der Waals surface area (Å²) in [5.41, 5.74) is 0.729. The number of aldehydes is 1. The van der Waals surface area contributed by atoms with Crippen molar-refractivity contribution in [1.29, 1.82) is 0 Å². The lowest BCUT2D eigenvalue weighted by molar-refractivity contribution is 0.112. The minimum absolute atomic E-state index is 0.729. The van der Waals surface area contributed by atoms with E-state index in [9.17, 15) is 4.79 Å². The molecule has 2 nitrogen and oxygen atoms in total. The molecule has 0 heterocycles. The smallest absolute Gasteiger partial charge is 0.298 e. The van der Waals surface area contributed by atoms with Gasteiger partial charge < -0.3 is 0 Å². The van der Waals surface area contributed by atoms with Crippen LogP contribution in [0.4, 0.5) is 0 Å². The molecule has 0 fully saturated rings. The highest BCUT2D eigenvalue weighted by atomic mass is 31.0. The summed E-state index contributed by atoms with van der Waals surface area (Å²) in [5, 5.41) is 0.